The maximum absolute atomic E-state index is 5.31. The highest BCUT2D eigenvalue weighted by Gasteiger charge is 1.89. The topological polar surface area (TPSA) is 41.6 Å². The van der Waals surface area contributed by atoms with Crippen LogP contribution in [0.5, 0.6) is 0 Å². The minimum Gasteiger partial charge on any atom is -0.369 e. The number of nitrogens with zero attached hydrogens (tertiary/aromatic N) is 2. The lowest BCUT2D eigenvalue weighted by molar-refractivity contribution is 0.803. The zero-order valence-corrected chi connectivity index (χ0v) is 5.11. The monoisotopic (exact) mass is 121 g/mol. The van der Waals surface area contributed by atoms with Crippen molar-refractivity contribution in [3.05, 3.63) is 0 Å². The van der Waals surface area contributed by atoms with Crippen molar-refractivity contribution >= 4 is 17.7 Å². The van der Waals surface area contributed by atoms with E-state index in [2.05, 4.69) is 4.99 Å². The second-order valence-corrected chi connectivity index (χ2v) is 1.57. The molecule has 0 aliphatic heterocycles. The van der Waals surface area contributed by atoms with Gasteiger partial charge in [-0.3, -0.25) is 9.41 Å². The molecule has 0 saturated heterocycles. The molecular weight excluding hydrogens is 114 g/mol. The third-order valence-corrected chi connectivity index (χ3v) is 0.718. The van der Waals surface area contributed by atoms with Crippen LogP contribution in [0.25, 0.3) is 0 Å². The van der Waals surface area contributed by atoms with E-state index in [0.29, 0.717) is 5.96 Å². The molecular formula is C3H8ClN3. The van der Waals surface area contributed by atoms with Crippen molar-refractivity contribution in [3.63, 3.8) is 0 Å². The molecule has 0 aromatic heterocycles. The summed E-state index contributed by atoms with van der Waals surface area (Å²) in [5.41, 5.74) is 5.16. The molecule has 0 heterocycles. The number of hydrogen-bond donors (Lipinski definition) is 1. The van der Waals surface area contributed by atoms with Gasteiger partial charge in [0.25, 0.3) is 0 Å². The second-order valence-electron chi connectivity index (χ2n) is 1.06. The molecule has 4 heteroatoms. The van der Waals surface area contributed by atoms with Gasteiger partial charge in [0.2, 0.25) is 5.96 Å². The molecule has 0 atom stereocenters. The number of rotatable bonds is 0. The molecule has 0 aromatic rings. The third kappa shape index (κ3) is 2.28. The Morgan fingerprint density at radius 2 is 2.29 bits per heavy atom. The van der Waals surface area contributed by atoms with Crippen LogP contribution in [0.3, 0.4) is 0 Å². The Balaban J connectivity index is 3.56. The van der Waals surface area contributed by atoms with Gasteiger partial charge in [0.1, 0.15) is 0 Å². The number of hydrogen-bond acceptors (Lipinski definition) is 1. The number of nitrogens with two attached hydrogens (primary N) is 1. The SMILES string of the molecule is CN=C(N)N(C)Cl. The fraction of sp³-hybridized carbons (Fsp3) is 0.667. The van der Waals surface area contributed by atoms with E-state index < -0.39 is 0 Å². The standard InChI is InChI=1S/C3H8ClN3/c1-6-3(5)7(2)4/h1-2H3,(H2,5,6). The average molecular weight is 122 g/mol. The van der Waals surface area contributed by atoms with Gasteiger partial charge in [-0.1, -0.05) is 0 Å². The maximum Gasteiger partial charge on any atom is 0.205 e. The summed E-state index contributed by atoms with van der Waals surface area (Å²) in [7, 11) is 3.19. The summed E-state index contributed by atoms with van der Waals surface area (Å²) in [4.78, 5) is 3.58. The summed E-state index contributed by atoms with van der Waals surface area (Å²) < 4.78 is 1.22. The predicted octanol–water partition coefficient (Wildman–Crippen LogP) is 0.0165. The molecule has 0 fully saturated rings. The first-order valence-electron chi connectivity index (χ1n) is 1.80. The summed E-state index contributed by atoms with van der Waals surface area (Å²) in [5, 5.41) is 0. The molecule has 0 aromatic carbocycles. The van der Waals surface area contributed by atoms with Crippen molar-refractivity contribution in [1.82, 2.24) is 4.42 Å². The van der Waals surface area contributed by atoms with Gasteiger partial charge in [-0.25, -0.2) is 0 Å². The predicted molar refractivity (Wildman–Crippen MR) is 31.2 cm³/mol. The van der Waals surface area contributed by atoms with E-state index in [9.17, 15) is 0 Å². The van der Waals surface area contributed by atoms with Gasteiger partial charge in [0, 0.05) is 25.9 Å². The number of halogens is 1. The van der Waals surface area contributed by atoms with E-state index in [-0.39, 0.29) is 0 Å². The molecule has 7 heavy (non-hydrogen) atoms. The van der Waals surface area contributed by atoms with Crippen LogP contribution >= 0.6 is 11.8 Å². The molecule has 0 aliphatic rings. The van der Waals surface area contributed by atoms with Crippen molar-refractivity contribution in [2.75, 3.05) is 14.1 Å². The van der Waals surface area contributed by atoms with Crippen molar-refractivity contribution in [2.24, 2.45) is 10.7 Å². The lowest BCUT2D eigenvalue weighted by Crippen LogP contribution is -2.25. The molecule has 0 unspecified atom stereocenters. The highest BCUT2D eigenvalue weighted by molar-refractivity contribution is 6.21. The van der Waals surface area contributed by atoms with Crippen LogP contribution < -0.4 is 5.73 Å². The molecule has 0 amide bonds. The fourth-order valence-electron chi connectivity index (χ4n) is 0.138. The molecule has 42 valence electrons. The molecule has 0 radical (unpaired) electrons. The van der Waals surface area contributed by atoms with Crippen molar-refractivity contribution in [1.29, 1.82) is 0 Å². The van der Waals surface area contributed by atoms with Gasteiger partial charge in [-0.05, 0) is 0 Å². The Labute approximate surface area is 47.9 Å². The number of guanidine groups is 1. The Kier molecular flexibility index (Phi) is 2.52. The van der Waals surface area contributed by atoms with Crippen LogP contribution in [-0.2, 0) is 0 Å². The lowest BCUT2D eigenvalue weighted by Gasteiger charge is -2.03. The molecule has 0 rings (SSSR count). The van der Waals surface area contributed by atoms with Crippen LogP contribution in [0.1, 0.15) is 0 Å². The van der Waals surface area contributed by atoms with E-state index in [1.807, 2.05) is 0 Å². The number of aliphatic imine (C=N–C) groups is 1. The van der Waals surface area contributed by atoms with Gasteiger partial charge in [0.05, 0.1) is 0 Å². The van der Waals surface area contributed by atoms with E-state index >= 15 is 0 Å². The normalized spacial score (nSPS) is 11.6. The Morgan fingerprint density at radius 3 is 2.29 bits per heavy atom. The first-order valence-corrected chi connectivity index (χ1v) is 2.14. The summed E-state index contributed by atoms with van der Waals surface area (Å²) in [6.45, 7) is 0. The van der Waals surface area contributed by atoms with E-state index in [1.54, 1.807) is 14.1 Å². The van der Waals surface area contributed by atoms with Crippen molar-refractivity contribution < 1.29 is 0 Å². The van der Waals surface area contributed by atoms with Crippen LogP contribution in [-0.4, -0.2) is 24.5 Å². The lowest BCUT2D eigenvalue weighted by atomic mass is 11.0. The highest BCUT2D eigenvalue weighted by Crippen LogP contribution is 1.82. The first-order chi connectivity index (χ1) is 3.18. The maximum atomic E-state index is 5.31. The largest absolute Gasteiger partial charge is 0.369 e. The smallest absolute Gasteiger partial charge is 0.205 e. The van der Waals surface area contributed by atoms with E-state index in [4.69, 9.17) is 17.5 Å². The highest BCUT2D eigenvalue weighted by atomic mass is 35.5. The zero-order valence-electron chi connectivity index (χ0n) is 4.35. The van der Waals surface area contributed by atoms with E-state index in [1.165, 1.54) is 4.42 Å². The Bertz CT molecular complexity index is 78.2. The van der Waals surface area contributed by atoms with E-state index in [0.717, 1.165) is 0 Å². The molecule has 0 spiro atoms. The van der Waals surface area contributed by atoms with Crippen LogP contribution in [0.2, 0.25) is 0 Å². The molecule has 2 N–H and O–H groups in total. The minimum absolute atomic E-state index is 0.321. The summed E-state index contributed by atoms with van der Waals surface area (Å²) >= 11 is 5.31. The van der Waals surface area contributed by atoms with Gasteiger partial charge >= 0.3 is 0 Å². The molecule has 0 bridgehead atoms. The summed E-state index contributed by atoms with van der Waals surface area (Å²) in [5.74, 6) is 0.321. The van der Waals surface area contributed by atoms with Gasteiger partial charge < -0.3 is 5.73 Å². The molecule has 0 saturated carbocycles. The van der Waals surface area contributed by atoms with Crippen LogP contribution in [0.15, 0.2) is 4.99 Å². The van der Waals surface area contributed by atoms with Crippen molar-refractivity contribution in [2.45, 2.75) is 0 Å². The average Bonchev–Trinajstić information content (AvgIpc) is 1.65. The summed E-state index contributed by atoms with van der Waals surface area (Å²) in [6.07, 6.45) is 0. The Hall–Kier alpha value is -0.440. The molecule has 0 aliphatic carbocycles. The van der Waals surface area contributed by atoms with Crippen molar-refractivity contribution in [3.8, 4) is 0 Å². The first kappa shape index (κ1) is 6.56. The van der Waals surface area contributed by atoms with Crippen LogP contribution in [0, 0.1) is 0 Å². The van der Waals surface area contributed by atoms with Gasteiger partial charge in [0.15, 0.2) is 0 Å². The van der Waals surface area contributed by atoms with Gasteiger partial charge in [-0.15, -0.1) is 0 Å². The minimum atomic E-state index is 0.321. The Morgan fingerprint density at radius 1 is 1.86 bits per heavy atom. The quantitative estimate of drug-likeness (QED) is 0.279. The zero-order chi connectivity index (χ0) is 5.86. The third-order valence-electron chi connectivity index (χ3n) is 0.545. The second kappa shape index (κ2) is 2.69. The fourth-order valence-corrected chi connectivity index (χ4v) is 0.213. The van der Waals surface area contributed by atoms with Gasteiger partial charge in [-0.2, -0.15) is 0 Å². The molecule has 3 nitrogen and oxygen atoms in total. The summed E-state index contributed by atoms with van der Waals surface area (Å²) in [6, 6.07) is 0. The van der Waals surface area contributed by atoms with Crippen LogP contribution in [0.4, 0.5) is 0 Å².